The molecule has 0 aliphatic carbocycles. The van der Waals surface area contributed by atoms with Gasteiger partial charge in [-0.2, -0.15) is 5.26 Å². The van der Waals surface area contributed by atoms with E-state index in [9.17, 15) is 13.7 Å². The molecule has 2 N–H and O–H groups in total. The minimum atomic E-state index is -3.90. The maximum Gasteiger partial charge on any atom is 0.265 e. The first-order valence-corrected chi connectivity index (χ1v) is 9.93. The van der Waals surface area contributed by atoms with Gasteiger partial charge in [-0.05, 0) is 24.6 Å². The van der Waals surface area contributed by atoms with E-state index < -0.39 is 15.9 Å². The highest BCUT2D eigenvalue weighted by Crippen LogP contribution is 2.50. The van der Waals surface area contributed by atoms with Gasteiger partial charge in [0.2, 0.25) is 5.88 Å². The van der Waals surface area contributed by atoms with E-state index in [4.69, 9.17) is 10.5 Å². The maximum absolute atomic E-state index is 13.5. The lowest BCUT2D eigenvalue weighted by atomic mass is 9.88. The topological polar surface area (TPSA) is 96.4 Å². The number of allylic oxidation sites excluding steroid dienone is 2. The van der Waals surface area contributed by atoms with Crippen LogP contribution in [0.2, 0.25) is 0 Å². The number of hydrogen-bond donors (Lipinski definition) is 1. The Labute approximate surface area is 157 Å². The van der Waals surface area contributed by atoms with Crippen LogP contribution in [0, 0.1) is 11.3 Å². The third-order valence-electron chi connectivity index (χ3n) is 4.78. The van der Waals surface area contributed by atoms with Gasteiger partial charge >= 0.3 is 0 Å². The molecule has 7 heteroatoms. The molecule has 0 spiro atoms. The van der Waals surface area contributed by atoms with Gasteiger partial charge in [-0.1, -0.05) is 42.5 Å². The second-order valence-corrected chi connectivity index (χ2v) is 8.05. The van der Waals surface area contributed by atoms with E-state index in [0.29, 0.717) is 16.8 Å². The van der Waals surface area contributed by atoms with E-state index in [1.54, 1.807) is 49.4 Å². The van der Waals surface area contributed by atoms with Crippen LogP contribution in [-0.4, -0.2) is 15.0 Å². The summed E-state index contributed by atoms with van der Waals surface area (Å²) < 4.78 is 34.1. The number of ether oxygens (including phenoxy) is 1. The minimum absolute atomic E-state index is 0.0556. The van der Waals surface area contributed by atoms with E-state index >= 15 is 0 Å². The minimum Gasteiger partial charge on any atom is -0.439 e. The number of fused-ring (bicyclic) bond motifs is 2. The fraction of sp³-hybridized carbons (Fsp3) is 0.150. The van der Waals surface area contributed by atoms with Gasteiger partial charge in [0.25, 0.3) is 10.0 Å². The molecule has 0 amide bonds. The second-order valence-electron chi connectivity index (χ2n) is 6.22. The van der Waals surface area contributed by atoms with E-state index in [0.717, 1.165) is 0 Å². The van der Waals surface area contributed by atoms with Crippen LogP contribution in [0.25, 0.3) is 5.76 Å². The van der Waals surface area contributed by atoms with E-state index in [1.807, 2.05) is 18.2 Å². The van der Waals surface area contributed by atoms with Crippen molar-refractivity contribution in [2.45, 2.75) is 12.8 Å². The highest BCUT2D eigenvalue weighted by atomic mass is 32.2. The SMILES string of the molecule is CCN1c2ccccc2C2=C(C(c3ccccc3)C(C#N)=C(N)O2)S1(=O)=O. The fourth-order valence-electron chi connectivity index (χ4n) is 3.63. The van der Waals surface area contributed by atoms with Crippen LogP contribution in [0.4, 0.5) is 5.69 Å². The third kappa shape index (κ3) is 2.41. The number of nitriles is 1. The third-order valence-corrected chi connectivity index (χ3v) is 6.79. The highest BCUT2D eigenvalue weighted by molar-refractivity contribution is 7.97. The summed E-state index contributed by atoms with van der Waals surface area (Å²) in [6.07, 6.45) is 0. The van der Waals surface area contributed by atoms with Crippen molar-refractivity contribution in [3.05, 3.63) is 82.1 Å². The van der Waals surface area contributed by atoms with Crippen molar-refractivity contribution in [1.82, 2.24) is 0 Å². The van der Waals surface area contributed by atoms with Gasteiger partial charge in [-0.25, -0.2) is 8.42 Å². The Kier molecular flexibility index (Phi) is 3.93. The summed E-state index contributed by atoms with van der Waals surface area (Å²) >= 11 is 0. The lowest BCUT2D eigenvalue weighted by Crippen LogP contribution is -2.39. The Bertz CT molecular complexity index is 1130. The van der Waals surface area contributed by atoms with Crippen molar-refractivity contribution >= 4 is 21.5 Å². The molecular weight excluding hydrogens is 362 g/mol. The highest BCUT2D eigenvalue weighted by Gasteiger charge is 2.46. The van der Waals surface area contributed by atoms with Crippen molar-refractivity contribution in [2.75, 3.05) is 10.8 Å². The summed E-state index contributed by atoms with van der Waals surface area (Å²) in [7, 11) is -3.90. The monoisotopic (exact) mass is 379 g/mol. The molecule has 0 bridgehead atoms. The Morgan fingerprint density at radius 1 is 1.15 bits per heavy atom. The predicted octanol–water partition coefficient (Wildman–Crippen LogP) is 3.03. The molecule has 1 atom stereocenters. The van der Waals surface area contributed by atoms with E-state index in [1.165, 1.54) is 4.31 Å². The van der Waals surface area contributed by atoms with E-state index in [2.05, 4.69) is 0 Å². The largest absolute Gasteiger partial charge is 0.439 e. The van der Waals surface area contributed by atoms with Crippen molar-refractivity contribution in [3.63, 3.8) is 0 Å². The van der Waals surface area contributed by atoms with Crippen LogP contribution in [0.5, 0.6) is 0 Å². The van der Waals surface area contributed by atoms with Gasteiger partial charge in [0.05, 0.1) is 11.6 Å². The zero-order valence-electron chi connectivity index (χ0n) is 14.6. The van der Waals surface area contributed by atoms with Crippen LogP contribution in [-0.2, 0) is 14.8 Å². The molecule has 6 nitrogen and oxygen atoms in total. The summed E-state index contributed by atoms with van der Waals surface area (Å²) in [5, 5.41) is 9.67. The van der Waals surface area contributed by atoms with Crippen LogP contribution in [0.15, 0.2) is 71.0 Å². The van der Waals surface area contributed by atoms with Gasteiger partial charge < -0.3 is 10.5 Å². The number of sulfonamides is 1. The smallest absolute Gasteiger partial charge is 0.265 e. The molecule has 2 heterocycles. The van der Waals surface area contributed by atoms with Crippen molar-refractivity contribution < 1.29 is 13.2 Å². The summed E-state index contributed by atoms with van der Waals surface area (Å²) in [5.41, 5.74) is 7.98. The molecule has 2 aliphatic rings. The number of nitrogens with zero attached hydrogens (tertiary/aromatic N) is 2. The summed E-state index contributed by atoms with van der Waals surface area (Å²) in [6, 6.07) is 18.2. The molecule has 0 saturated carbocycles. The number of anilines is 1. The molecule has 0 fully saturated rings. The number of para-hydroxylation sites is 1. The van der Waals surface area contributed by atoms with Gasteiger partial charge in [-0.15, -0.1) is 0 Å². The first-order chi connectivity index (χ1) is 13.0. The summed E-state index contributed by atoms with van der Waals surface area (Å²) in [6.45, 7) is 2.04. The van der Waals surface area contributed by atoms with Crippen LogP contribution < -0.4 is 10.0 Å². The number of benzene rings is 2. The molecule has 0 saturated heterocycles. The molecule has 2 aliphatic heterocycles. The Balaban J connectivity index is 2.08. The summed E-state index contributed by atoms with van der Waals surface area (Å²) in [4.78, 5) is 0.0556. The predicted molar refractivity (Wildman–Crippen MR) is 102 cm³/mol. The first-order valence-electron chi connectivity index (χ1n) is 8.49. The van der Waals surface area contributed by atoms with Gasteiger partial charge in [0.1, 0.15) is 16.5 Å². The average molecular weight is 379 g/mol. The molecular formula is C20H17N3O3S. The molecule has 27 heavy (non-hydrogen) atoms. The number of hydrogen-bond acceptors (Lipinski definition) is 5. The van der Waals surface area contributed by atoms with E-state index in [-0.39, 0.29) is 28.7 Å². The maximum atomic E-state index is 13.5. The molecule has 2 aromatic rings. The van der Waals surface area contributed by atoms with Gasteiger partial charge in [0.15, 0.2) is 5.76 Å². The Hall–Kier alpha value is -3.24. The van der Waals surface area contributed by atoms with Crippen LogP contribution in [0.3, 0.4) is 0 Å². The van der Waals surface area contributed by atoms with Gasteiger partial charge in [-0.3, -0.25) is 4.31 Å². The van der Waals surface area contributed by atoms with Crippen LogP contribution >= 0.6 is 0 Å². The Morgan fingerprint density at radius 3 is 2.48 bits per heavy atom. The molecule has 136 valence electrons. The lowest BCUT2D eigenvalue weighted by molar-refractivity contribution is 0.357. The zero-order chi connectivity index (χ0) is 19.2. The number of nitrogens with two attached hydrogens (primary N) is 1. The molecule has 0 radical (unpaired) electrons. The first kappa shape index (κ1) is 17.2. The molecule has 2 aromatic carbocycles. The van der Waals surface area contributed by atoms with Gasteiger partial charge in [0, 0.05) is 12.1 Å². The fourth-order valence-corrected chi connectivity index (χ4v) is 5.56. The average Bonchev–Trinajstić information content (AvgIpc) is 2.68. The Morgan fingerprint density at radius 2 is 1.81 bits per heavy atom. The second kappa shape index (κ2) is 6.18. The number of rotatable bonds is 2. The van der Waals surface area contributed by atoms with Crippen molar-refractivity contribution in [2.24, 2.45) is 5.73 Å². The molecule has 4 rings (SSSR count). The van der Waals surface area contributed by atoms with Crippen molar-refractivity contribution in [1.29, 1.82) is 5.26 Å². The molecule has 1 unspecified atom stereocenters. The van der Waals surface area contributed by atoms with Crippen LogP contribution in [0.1, 0.15) is 24.0 Å². The normalized spacial score (nSPS) is 20.4. The zero-order valence-corrected chi connectivity index (χ0v) is 15.4. The molecule has 0 aromatic heterocycles. The lowest BCUT2D eigenvalue weighted by Gasteiger charge is -2.37. The quantitative estimate of drug-likeness (QED) is 0.865. The standard InChI is InChI=1S/C20H17N3O3S/c1-2-23-16-11-7-6-10-14(16)18-19(27(23,24)25)17(13-8-4-3-5-9-13)15(12-21)20(22)26-18/h3-11,17H,2,22H2,1H3. The van der Waals surface area contributed by atoms with Crippen molar-refractivity contribution in [3.8, 4) is 6.07 Å². The summed E-state index contributed by atoms with van der Waals surface area (Å²) in [5.74, 6) is -0.687.